The van der Waals surface area contributed by atoms with Crippen molar-refractivity contribution < 1.29 is 17.9 Å². The molecule has 19 heavy (non-hydrogen) atoms. The third-order valence-electron chi connectivity index (χ3n) is 2.38. The van der Waals surface area contributed by atoms with Crippen molar-refractivity contribution in [2.75, 3.05) is 26.8 Å². The van der Waals surface area contributed by atoms with Gasteiger partial charge in [0.2, 0.25) is 15.9 Å². The number of amides is 1. The number of nitrogens with one attached hydrogen (secondary N) is 2. The molecule has 0 aliphatic heterocycles. The summed E-state index contributed by atoms with van der Waals surface area (Å²) in [5.41, 5.74) is 0.969. The van der Waals surface area contributed by atoms with Crippen molar-refractivity contribution in [3.8, 4) is 0 Å². The summed E-state index contributed by atoms with van der Waals surface area (Å²) >= 11 is 0. The van der Waals surface area contributed by atoms with Gasteiger partial charge >= 0.3 is 0 Å². The molecule has 0 radical (unpaired) electrons. The van der Waals surface area contributed by atoms with Crippen molar-refractivity contribution in [3.63, 3.8) is 0 Å². The molecule has 1 aromatic carbocycles. The second-order valence-electron chi connectivity index (χ2n) is 3.98. The van der Waals surface area contributed by atoms with Gasteiger partial charge in [-0.2, -0.15) is 0 Å². The predicted octanol–water partition coefficient (Wildman–Crippen LogP) is 0.0359. The smallest absolute Gasteiger partial charge is 0.241 e. The average Bonchev–Trinajstić information content (AvgIpc) is 2.37. The molecule has 106 valence electrons. The third-order valence-corrected chi connectivity index (χ3v) is 3.80. The third kappa shape index (κ3) is 5.37. The Morgan fingerprint density at radius 3 is 2.47 bits per heavy atom. The number of aryl methyl sites for hydroxylation is 1. The standard InChI is InChI=1S/C12H18N2O4S/c1-10-3-5-11(6-4-10)19(16,17)14-9-12(15)13-7-8-18-2/h3-6,14H,7-9H2,1-2H3,(H,13,15). The fourth-order valence-corrected chi connectivity index (χ4v) is 2.30. The van der Waals surface area contributed by atoms with E-state index in [0.29, 0.717) is 13.2 Å². The summed E-state index contributed by atoms with van der Waals surface area (Å²) in [6.07, 6.45) is 0. The zero-order chi connectivity index (χ0) is 14.3. The van der Waals surface area contributed by atoms with Gasteiger partial charge in [-0.1, -0.05) is 17.7 Å². The zero-order valence-electron chi connectivity index (χ0n) is 11.0. The molecule has 0 bridgehead atoms. The number of benzene rings is 1. The molecule has 0 fully saturated rings. The summed E-state index contributed by atoms with van der Waals surface area (Å²) in [4.78, 5) is 11.5. The van der Waals surface area contributed by atoms with E-state index in [-0.39, 0.29) is 11.4 Å². The van der Waals surface area contributed by atoms with E-state index in [0.717, 1.165) is 5.56 Å². The molecule has 0 saturated heterocycles. The van der Waals surface area contributed by atoms with Crippen molar-refractivity contribution in [2.45, 2.75) is 11.8 Å². The van der Waals surface area contributed by atoms with Gasteiger partial charge in [0.1, 0.15) is 0 Å². The van der Waals surface area contributed by atoms with Crippen molar-refractivity contribution in [1.29, 1.82) is 0 Å². The van der Waals surface area contributed by atoms with Gasteiger partial charge in [-0.25, -0.2) is 13.1 Å². The predicted molar refractivity (Wildman–Crippen MR) is 71.3 cm³/mol. The van der Waals surface area contributed by atoms with Crippen molar-refractivity contribution in [1.82, 2.24) is 10.0 Å². The second-order valence-corrected chi connectivity index (χ2v) is 5.75. The van der Waals surface area contributed by atoms with Gasteiger partial charge in [-0.05, 0) is 19.1 Å². The van der Waals surface area contributed by atoms with Crippen LogP contribution in [-0.4, -0.2) is 41.1 Å². The highest BCUT2D eigenvalue weighted by Crippen LogP contribution is 2.09. The van der Waals surface area contributed by atoms with Gasteiger partial charge in [0.25, 0.3) is 0 Å². The van der Waals surface area contributed by atoms with Crippen LogP contribution in [0.5, 0.6) is 0 Å². The monoisotopic (exact) mass is 286 g/mol. The molecule has 7 heteroatoms. The lowest BCUT2D eigenvalue weighted by Gasteiger charge is -2.07. The summed E-state index contributed by atoms with van der Waals surface area (Å²) in [6, 6.07) is 6.40. The van der Waals surface area contributed by atoms with E-state index < -0.39 is 15.9 Å². The molecule has 0 unspecified atom stereocenters. The Morgan fingerprint density at radius 1 is 1.26 bits per heavy atom. The molecule has 1 aromatic rings. The maximum Gasteiger partial charge on any atom is 0.241 e. The first-order chi connectivity index (χ1) is 8.95. The maximum absolute atomic E-state index is 11.9. The van der Waals surface area contributed by atoms with Crippen molar-refractivity contribution >= 4 is 15.9 Å². The van der Waals surface area contributed by atoms with E-state index in [1.807, 2.05) is 6.92 Å². The molecule has 0 aliphatic rings. The SMILES string of the molecule is COCCNC(=O)CNS(=O)(=O)c1ccc(C)cc1. The van der Waals surface area contributed by atoms with Crippen LogP contribution in [0.1, 0.15) is 5.56 Å². The number of ether oxygens (including phenoxy) is 1. The molecule has 0 aliphatic carbocycles. The molecule has 0 heterocycles. The van der Waals surface area contributed by atoms with Crippen molar-refractivity contribution in [2.24, 2.45) is 0 Å². The van der Waals surface area contributed by atoms with Gasteiger partial charge in [-0.15, -0.1) is 0 Å². The highest BCUT2D eigenvalue weighted by molar-refractivity contribution is 7.89. The number of hydrogen-bond donors (Lipinski definition) is 2. The van der Waals surface area contributed by atoms with Crippen LogP contribution in [0.2, 0.25) is 0 Å². The lowest BCUT2D eigenvalue weighted by molar-refractivity contribution is -0.120. The van der Waals surface area contributed by atoms with Crippen LogP contribution in [0, 0.1) is 6.92 Å². The Bertz CT molecular complexity index is 511. The van der Waals surface area contributed by atoms with Gasteiger partial charge in [0, 0.05) is 13.7 Å². The molecule has 0 aromatic heterocycles. The lowest BCUT2D eigenvalue weighted by atomic mass is 10.2. The minimum atomic E-state index is -3.64. The molecule has 6 nitrogen and oxygen atoms in total. The first-order valence-corrected chi connectivity index (χ1v) is 7.26. The summed E-state index contributed by atoms with van der Waals surface area (Å²) in [5, 5.41) is 2.53. The van der Waals surface area contributed by atoms with Crippen LogP contribution in [-0.2, 0) is 19.6 Å². The highest BCUT2D eigenvalue weighted by Gasteiger charge is 2.14. The molecular formula is C12H18N2O4S. The number of rotatable bonds is 7. The van der Waals surface area contributed by atoms with Crippen LogP contribution < -0.4 is 10.0 Å². The molecule has 0 atom stereocenters. The molecule has 1 amide bonds. The number of hydrogen-bond acceptors (Lipinski definition) is 4. The van der Waals surface area contributed by atoms with E-state index >= 15 is 0 Å². The van der Waals surface area contributed by atoms with Gasteiger partial charge in [0.05, 0.1) is 18.0 Å². The first kappa shape index (κ1) is 15.6. The minimum absolute atomic E-state index is 0.141. The average molecular weight is 286 g/mol. The molecular weight excluding hydrogens is 268 g/mol. The topological polar surface area (TPSA) is 84.5 Å². The fraction of sp³-hybridized carbons (Fsp3) is 0.417. The number of carbonyl (C=O) groups excluding carboxylic acids is 1. The van der Waals surface area contributed by atoms with E-state index in [1.165, 1.54) is 19.2 Å². The minimum Gasteiger partial charge on any atom is -0.383 e. The van der Waals surface area contributed by atoms with Crippen molar-refractivity contribution in [3.05, 3.63) is 29.8 Å². The summed E-state index contributed by atoms with van der Waals surface area (Å²) < 4.78 is 30.7. The Labute approximate surface area is 113 Å². The van der Waals surface area contributed by atoms with Gasteiger partial charge < -0.3 is 10.1 Å². The van der Waals surface area contributed by atoms with E-state index in [2.05, 4.69) is 10.0 Å². The van der Waals surface area contributed by atoms with Crippen LogP contribution in [0.15, 0.2) is 29.2 Å². The van der Waals surface area contributed by atoms with E-state index in [9.17, 15) is 13.2 Å². The number of methoxy groups -OCH3 is 1. The fourth-order valence-electron chi connectivity index (χ4n) is 1.32. The number of carbonyl (C=O) groups is 1. The van der Waals surface area contributed by atoms with Gasteiger partial charge in [-0.3, -0.25) is 4.79 Å². The largest absolute Gasteiger partial charge is 0.383 e. The quantitative estimate of drug-likeness (QED) is 0.693. The number of sulfonamides is 1. The lowest BCUT2D eigenvalue weighted by Crippen LogP contribution is -2.38. The van der Waals surface area contributed by atoms with E-state index in [1.54, 1.807) is 12.1 Å². The zero-order valence-corrected chi connectivity index (χ0v) is 11.8. The summed E-state index contributed by atoms with van der Waals surface area (Å²) in [6.45, 7) is 2.31. The molecule has 0 spiro atoms. The van der Waals surface area contributed by atoms with Crippen LogP contribution >= 0.6 is 0 Å². The summed E-state index contributed by atoms with van der Waals surface area (Å²) in [5.74, 6) is -0.396. The van der Waals surface area contributed by atoms with E-state index in [4.69, 9.17) is 4.74 Å². The molecule has 0 saturated carbocycles. The highest BCUT2D eigenvalue weighted by atomic mass is 32.2. The maximum atomic E-state index is 11.9. The van der Waals surface area contributed by atoms with Crippen LogP contribution in [0.3, 0.4) is 0 Å². The molecule has 2 N–H and O–H groups in total. The van der Waals surface area contributed by atoms with Gasteiger partial charge in [0.15, 0.2) is 0 Å². The Hall–Kier alpha value is -1.44. The first-order valence-electron chi connectivity index (χ1n) is 5.77. The Kier molecular flexibility index (Phi) is 5.94. The van der Waals surface area contributed by atoms with Crippen LogP contribution in [0.25, 0.3) is 0 Å². The second kappa shape index (κ2) is 7.22. The van der Waals surface area contributed by atoms with Crippen LogP contribution in [0.4, 0.5) is 0 Å². The Morgan fingerprint density at radius 2 is 1.89 bits per heavy atom. The normalized spacial score (nSPS) is 11.3. The Balaban J connectivity index is 2.51. The summed E-state index contributed by atoms with van der Waals surface area (Å²) in [7, 11) is -2.12. The molecule has 1 rings (SSSR count).